The first-order valence-electron chi connectivity index (χ1n) is 8.54. The molecule has 26 heavy (non-hydrogen) atoms. The molecule has 1 N–H and O–H groups in total. The number of likely N-dealkylation sites (N-methyl/N-ethyl adjacent to an activating group) is 1. The van der Waals surface area contributed by atoms with Crippen LogP contribution in [0.25, 0.3) is 21.3 Å². The lowest BCUT2D eigenvalue weighted by Crippen LogP contribution is -2.19. The third kappa shape index (κ3) is 3.71. The van der Waals surface area contributed by atoms with Crippen LogP contribution in [-0.4, -0.2) is 48.2 Å². The van der Waals surface area contributed by atoms with Crippen molar-refractivity contribution in [1.29, 1.82) is 0 Å². The molecule has 0 aliphatic carbocycles. The van der Waals surface area contributed by atoms with Gasteiger partial charge < -0.3 is 14.7 Å². The van der Waals surface area contributed by atoms with E-state index in [9.17, 15) is 9.90 Å². The maximum atomic E-state index is 11.6. The molecule has 0 amide bonds. The van der Waals surface area contributed by atoms with E-state index in [0.29, 0.717) is 28.6 Å². The van der Waals surface area contributed by atoms with Gasteiger partial charge in [0.05, 0.1) is 11.3 Å². The molecule has 5 nitrogen and oxygen atoms in total. The molecule has 6 heteroatoms. The van der Waals surface area contributed by atoms with Gasteiger partial charge >= 0.3 is 5.97 Å². The normalized spacial score (nSPS) is 11.2. The van der Waals surface area contributed by atoms with E-state index in [1.165, 1.54) is 11.3 Å². The van der Waals surface area contributed by atoms with E-state index in [2.05, 4.69) is 9.88 Å². The highest BCUT2D eigenvalue weighted by Gasteiger charge is 2.21. The number of rotatable bonds is 7. The molecule has 3 rings (SSSR count). The lowest BCUT2D eigenvalue weighted by atomic mass is 10.0. The Bertz CT molecular complexity index is 934. The number of thiazole rings is 1. The zero-order chi connectivity index (χ0) is 18.7. The smallest absolute Gasteiger partial charge is 0.347 e. The Morgan fingerprint density at radius 1 is 1.23 bits per heavy atom. The second-order valence-corrected chi connectivity index (χ2v) is 7.26. The van der Waals surface area contributed by atoms with Crippen LogP contribution >= 0.6 is 11.3 Å². The number of nitrogens with zero attached hydrogens (tertiary/aromatic N) is 2. The molecule has 0 saturated carbocycles. The highest BCUT2D eigenvalue weighted by molar-refractivity contribution is 7.17. The number of fused-ring (bicyclic) bond motifs is 1. The van der Waals surface area contributed by atoms with Crippen LogP contribution in [0.3, 0.4) is 0 Å². The van der Waals surface area contributed by atoms with Crippen molar-refractivity contribution in [2.75, 3.05) is 27.2 Å². The number of benzene rings is 2. The van der Waals surface area contributed by atoms with Gasteiger partial charge in [0, 0.05) is 6.54 Å². The average Bonchev–Trinajstić information content (AvgIpc) is 3.05. The Balaban J connectivity index is 2.14. The summed E-state index contributed by atoms with van der Waals surface area (Å²) >= 11 is 1.21. The van der Waals surface area contributed by atoms with Crippen molar-refractivity contribution in [3.63, 3.8) is 0 Å². The highest BCUT2D eigenvalue weighted by Crippen LogP contribution is 2.40. The van der Waals surface area contributed by atoms with Gasteiger partial charge in [-0.2, -0.15) is 0 Å². The number of carboxylic acid groups (broad SMARTS) is 1. The highest BCUT2D eigenvalue weighted by atomic mass is 32.1. The van der Waals surface area contributed by atoms with Gasteiger partial charge in [0.2, 0.25) is 0 Å². The largest absolute Gasteiger partial charge is 0.491 e. The molecule has 0 spiro atoms. The molecule has 0 aliphatic heterocycles. The summed E-state index contributed by atoms with van der Waals surface area (Å²) < 4.78 is 6.03. The predicted octanol–water partition coefficient (Wildman–Crippen LogP) is 4.16. The summed E-state index contributed by atoms with van der Waals surface area (Å²) in [5.41, 5.74) is 1.48. The number of aryl methyl sites for hydroxylation is 1. The number of aromatic nitrogens is 1. The molecule has 0 bridgehead atoms. The van der Waals surface area contributed by atoms with Crippen LogP contribution in [0.2, 0.25) is 0 Å². The zero-order valence-corrected chi connectivity index (χ0v) is 16.0. The molecule has 3 aromatic rings. The standard InChI is InChI=1S/C20H22N2O3S/c1-4-15-18(20(23)24)26-19(21-15)17-14-8-6-5-7-13(14)9-10-16(17)25-12-11-22(2)3/h5-10H,4,11-12H2,1-3H3,(H,23,24). The summed E-state index contributed by atoms with van der Waals surface area (Å²) in [7, 11) is 4.00. The van der Waals surface area contributed by atoms with E-state index in [-0.39, 0.29) is 0 Å². The van der Waals surface area contributed by atoms with Crippen molar-refractivity contribution < 1.29 is 14.6 Å². The van der Waals surface area contributed by atoms with Crippen LogP contribution in [0.1, 0.15) is 22.3 Å². The van der Waals surface area contributed by atoms with E-state index in [1.807, 2.05) is 57.4 Å². The molecule has 0 atom stereocenters. The summed E-state index contributed by atoms with van der Waals surface area (Å²) in [6.07, 6.45) is 0.583. The van der Waals surface area contributed by atoms with Crippen LogP contribution < -0.4 is 4.74 Å². The summed E-state index contributed by atoms with van der Waals surface area (Å²) in [5.74, 6) is -0.195. The summed E-state index contributed by atoms with van der Waals surface area (Å²) in [6, 6.07) is 12.0. The summed E-state index contributed by atoms with van der Waals surface area (Å²) in [6.45, 7) is 3.27. The van der Waals surface area contributed by atoms with Crippen LogP contribution in [0, 0.1) is 0 Å². The van der Waals surface area contributed by atoms with Crippen molar-refractivity contribution >= 4 is 28.1 Å². The third-order valence-electron chi connectivity index (χ3n) is 4.13. The van der Waals surface area contributed by atoms with E-state index in [1.54, 1.807) is 0 Å². The molecular weight excluding hydrogens is 348 g/mol. The lowest BCUT2D eigenvalue weighted by molar-refractivity contribution is 0.0701. The quantitative estimate of drug-likeness (QED) is 0.676. The van der Waals surface area contributed by atoms with Crippen LogP contribution in [0.15, 0.2) is 36.4 Å². The monoisotopic (exact) mass is 370 g/mol. The second-order valence-electron chi connectivity index (χ2n) is 6.27. The number of ether oxygens (including phenoxy) is 1. The SMILES string of the molecule is CCc1nc(-c2c(OCCN(C)C)ccc3ccccc23)sc1C(=O)O. The van der Waals surface area contributed by atoms with E-state index in [0.717, 1.165) is 28.6 Å². The zero-order valence-electron chi connectivity index (χ0n) is 15.2. The van der Waals surface area contributed by atoms with Gasteiger partial charge in [-0.05, 0) is 37.4 Å². The second kappa shape index (κ2) is 7.85. The molecule has 136 valence electrons. The number of hydrogen-bond donors (Lipinski definition) is 1. The van der Waals surface area contributed by atoms with Gasteiger partial charge in [-0.25, -0.2) is 9.78 Å². The van der Waals surface area contributed by atoms with Crippen molar-refractivity contribution in [1.82, 2.24) is 9.88 Å². The van der Waals surface area contributed by atoms with Gasteiger partial charge in [0.15, 0.2) is 0 Å². The topological polar surface area (TPSA) is 62.7 Å². The van der Waals surface area contributed by atoms with E-state index in [4.69, 9.17) is 4.74 Å². The van der Waals surface area contributed by atoms with Crippen molar-refractivity contribution in [3.05, 3.63) is 47.0 Å². The minimum absolute atomic E-state index is 0.301. The molecular formula is C20H22N2O3S. The fourth-order valence-corrected chi connectivity index (χ4v) is 3.85. The average molecular weight is 370 g/mol. The number of carbonyl (C=O) groups is 1. The van der Waals surface area contributed by atoms with E-state index < -0.39 is 5.97 Å². The molecule has 0 radical (unpaired) electrons. The van der Waals surface area contributed by atoms with Crippen molar-refractivity contribution in [2.45, 2.75) is 13.3 Å². The maximum absolute atomic E-state index is 11.6. The first kappa shape index (κ1) is 18.4. The van der Waals surface area contributed by atoms with Crippen LogP contribution in [-0.2, 0) is 6.42 Å². The molecule has 1 aromatic heterocycles. The Hall–Kier alpha value is -2.44. The number of hydrogen-bond acceptors (Lipinski definition) is 5. The fourth-order valence-electron chi connectivity index (χ4n) is 2.80. The van der Waals surface area contributed by atoms with Crippen molar-refractivity contribution in [2.24, 2.45) is 0 Å². The summed E-state index contributed by atoms with van der Waals surface area (Å²) in [5, 5.41) is 12.3. The Kier molecular flexibility index (Phi) is 5.54. The predicted molar refractivity (Wildman–Crippen MR) is 105 cm³/mol. The van der Waals surface area contributed by atoms with Gasteiger partial charge in [-0.3, -0.25) is 0 Å². The third-order valence-corrected chi connectivity index (χ3v) is 5.23. The van der Waals surface area contributed by atoms with Crippen LogP contribution in [0.4, 0.5) is 0 Å². The Morgan fingerprint density at radius 3 is 2.65 bits per heavy atom. The molecule has 0 unspecified atom stereocenters. The Labute approximate surface area is 156 Å². The first-order valence-corrected chi connectivity index (χ1v) is 9.35. The number of carboxylic acids is 1. The minimum Gasteiger partial charge on any atom is -0.491 e. The number of aromatic carboxylic acids is 1. The fraction of sp³-hybridized carbons (Fsp3) is 0.300. The molecule has 0 saturated heterocycles. The Morgan fingerprint density at radius 2 is 2.00 bits per heavy atom. The minimum atomic E-state index is -0.930. The molecule has 1 heterocycles. The molecule has 0 fully saturated rings. The van der Waals surface area contributed by atoms with Crippen LogP contribution in [0.5, 0.6) is 5.75 Å². The molecule has 2 aromatic carbocycles. The van der Waals surface area contributed by atoms with Gasteiger partial charge in [-0.1, -0.05) is 37.3 Å². The van der Waals surface area contributed by atoms with E-state index >= 15 is 0 Å². The lowest BCUT2D eigenvalue weighted by Gasteiger charge is -2.15. The molecule has 0 aliphatic rings. The summed E-state index contributed by atoms with van der Waals surface area (Å²) in [4.78, 5) is 18.5. The van der Waals surface area contributed by atoms with Crippen molar-refractivity contribution in [3.8, 4) is 16.3 Å². The van der Waals surface area contributed by atoms with Gasteiger partial charge in [0.25, 0.3) is 0 Å². The van der Waals surface area contributed by atoms with Gasteiger partial charge in [0.1, 0.15) is 22.2 Å². The maximum Gasteiger partial charge on any atom is 0.347 e. The first-order chi connectivity index (χ1) is 12.5. The van der Waals surface area contributed by atoms with Gasteiger partial charge in [-0.15, -0.1) is 11.3 Å².